The molecule has 128 valence electrons. The summed E-state index contributed by atoms with van der Waals surface area (Å²) < 4.78 is 5.73. The van der Waals surface area contributed by atoms with E-state index in [0.29, 0.717) is 18.0 Å². The molecule has 4 nitrogen and oxygen atoms in total. The zero-order valence-electron chi connectivity index (χ0n) is 14.4. The van der Waals surface area contributed by atoms with Gasteiger partial charge < -0.3 is 4.52 Å². The maximum atomic E-state index is 6.09. The third-order valence-corrected chi connectivity index (χ3v) is 6.08. The molecule has 0 amide bonds. The molecule has 2 aliphatic heterocycles. The highest BCUT2D eigenvalue weighted by Crippen LogP contribution is 2.50. The molecule has 2 fully saturated rings. The first-order valence-electron chi connectivity index (χ1n) is 8.85. The summed E-state index contributed by atoms with van der Waals surface area (Å²) in [7, 11) is 2.24. The standard InChI is InChI=1S/C19H24ClN3O/c1-11(2)18-21-19(24-22-18)17-15(12-4-6-13(20)7-5-12)10-14-8-9-16(17)23(14)3/h4-7,11,14-17H,8-10H2,1-3H3/t14-,15-,16?,17?/m1/s1. The van der Waals surface area contributed by atoms with E-state index < -0.39 is 0 Å². The van der Waals surface area contributed by atoms with E-state index in [9.17, 15) is 0 Å². The van der Waals surface area contributed by atoms with Crippen molar-refractivity contribution < 1.29 is 4.52 Å². The minimum Gasteiger partial charge on any atom is -0.339 e. The topological polar surface area (TPSA) is 42.2 Å². The Morgan fingerprint density at radius 2 is 1.96 bits per heavy atom. The second-order valence-electron chi connectivity index (χ2n) is 7.53. The third kappa shape index (κ3) is 2.66. The van der Waals surface area contributed by atoms with Crippen LogP contribution in [0.15, 0.2) is 28.8 Å². The number of benzene rings is 1. The van der Waals surface area contributed by atoms with Crippen molar-refractivity contribution in [2.45, 2.75) is 62.9 Å². The van der Waals surface area contributed by atoms with Gasteiger partial charge >= 0.3 is 0 Å². The molecule has 0 radical (unpaired) electrons. The van der Waals surface area contributed by atoms with Gasteiger partial charge in [0.2, 0.25) is 5.89 Å². The molecule has 0 aliphatic carbocycles. The molecule has 2 aliphatic rings. The number of rotatable bonds is 3. The molecule has 4 rings (SSSR count). The smallest absolute Gasteiger partial charge is 0.231 e. The first-order chi connectivity index (χ1) is 11.5. The fourth-order valence-electron chi connectivity index (χ4n) is 4.47. The number of piperidine rings is 1. The lowest BCUT2D eigenvalue weighted by atomic mass is 9.76. The van der Waals surface area contributed by atoms with Crippen molar-refractivity contribution in [1.82, 2.24) is 15.0 Å². The molecule has 5 heteroatoms. The molecule has 24 heavy (non-hydrogen) atoms. The van der Waals surface area contributed by atoms with Crippen LogP contribution >= 0.6 is 11.6 Å². The lowest BCUT2D eigenvalue weighted by molar-refractivity contribution is 0.120. The lowest BCUT2D eigenvalue weighted by Crippen LogP contribution is -2.44. The minimum atomic E-state index is 0.259. The average Bonchev–Trinajstić information content (AvgIpc) is 3.12. The van der Waals surface area contributed by atoms with Crippen LogP contribution < -0.4 is 0 Å². The Hall–Kier alpha value is -1.39. The van der Waals surface area contributed by atoms with Gasteiger partial charge in [-0.15, -0.1) is 0 Å². The van der Waals surface area contributed by atoms with Crippen molar-refractivity contribution in [2.75, 3.05) is 7.05 Å². The highest BCUT2D eigenvalue weighted by atomic mass is 35.5. The predicted octanol–water partition coefficient (Wildman–Crippen LogP) is 4.58. The first-order valence-corrected chi connectivity index (χ1v) is 9.23. The molecular weight excluding hydrogens is 322 g/mol. The number of hydrogen-bond acceptors (Lipinski definition) is 4. The highest BCUT2D eigenvalue weighted by molar-refractivity contribution is 6.30. The number of likely N-dealkylation sites (N-methyl/N-ethyl adjacent to an activating group) is 1. The van der Waals surface area contributed by atoms with Gasteiger partial charge in [-0.25, -0.2) is 0 Å². The molecule has 2 saturated heterocycles. The highest BCUT2D eigenvalue weighted by Gasteiger charge is 2.48. The van der Waals surface area contributed by atoms with Crippen LogP contribution in [-0.4, -0.2) is 34.2 Å². The van der Waals surface area contributed by atoms with Gasteiger partial charge in [-0.3, -0.25) is 4.90 Å². The second kappa shape index (κ2) is 6.16. The Morgan fingerprint density at radius 3 is 2.62 bits per heavy atom. The van der Waals surface area contributed by atoms with Gasteiger partial charge in [-0.2, -0.15) is 4.98 Å². The van der Waals surface area contributed by atoms with E-state index in [2.05, 4.69) is 43.1 Å². The van der Waals surface area contributed by atoms with Crippen molar-refractivity contribution in [1.29, 1.82) is 0 Å². The van der Waals surface area contributed by atoms with Gasteiger partial charge in [0.1, 0.15) is 0 Å². The normalized spacial score (nSPS) is 30.2. The lowest BCUT2D eigenvalue weighted by Gasteiger charge is -2.41. The van der Waals surface area contributed by atoms with Crippen LogP contribution in [0, 0.1) is 0 Å². The Balaban J connectivity index is 1.74. The van der Waals surface area contributed by atoms with Crippen LogP contribution in [0.2, 0.25) is 5.02 Å². The number of fused-ring (bicyclic) bond motifs is 2. The molecule has 3 heterocycles. The quantitative estimate of drug-likeness (QED) is 0.816. The Kier molecular flexibility index (Phi) is 4.13. The molecule has 1 aromatic carbocycles. The number of hydrogen-bond donors (Lipinski definition) is 0. The Labute approximate surface area is 148 Å². The summed E-state index contributed by atoms with van der Waals surface area (Å²) >= 11 is 6.09. The first kappa shape index (κ1) is 16.1. The monoisotopic (exact) mass is 345 g/mol. The molecule has 2 unspecified atom stereocenters. The van der Waals surface area contributed by atoms with Gasteiger partial charge in [0.25, 0.3) is 0 Å². The summed E-state index contributed by atoms with van der Waals surface area (Å²) in [5, 5.41) is 5.00. The van der Waals surface area contributed by atoms with Crippen molar-refractivity contribution in [3.05, 3.63) is 46.6 Å². The number of nitrogens with zero attached hydrogens (tertiary/aromatic N) is 3. The van der Waals surface area contributed by atoms with Crippen LogP contribution in [0.1, 0.15) is 68.1 Å². The maximum absolute atomic E-state index is 6.09. The molecule has 2 bridgehead atoms. The van der Waals surface area contributed by atoms with Crippen LogP contribution in [0.4, 0.5) is 0 Å². The maximum Gasteiger partial charge on any atom is 0.231 e. The molecule has 1 aromatic heterocycles. The summed E-state index contributed by atoms with van der Waals surface area (Å²) in [6, 6.07) is 9.42. The summed E-state index contributed by atoms with van der Waals surface area (Å²) in [5.74, 6) is 2.57. The average molecular weight is 346 g/mol. The molecule has 0 spiro atoms. The van der Waals surface area contributed by atoms with Gasteiger partial charge in [0.15, 0.2) is 5.82 Å². The predicted molar refractivity (Wildman–Crippen MR) is 94.5 cm³/mol. The van der Waals surface area contributed by atoms with E-state index >= 15 is 0 Å². The molecular formula is C19H24ClN3O. The van der Waals surface area contributed by atoms with E-state index in [-0.39, 0.29) is 11.8 Å². The number of aromatic nitrogens is 2. The molecule has 2 aromatic rings. The fraction of sp³-hybridized carbons (Fsp3) is 0.579. The SMILES string of the molecule is CC(C)c1noc(C2C3CC[C@H](C[C@@H]2c2ccc(Cl)cc2)N3C)n1. The van der Waals surface area contributed by atoms with Gasteiger partial charge in [0, 0.05) is 23.0 Å². The van der Waals surface area contributed by atoms with Gasteiger partial charge in [-0.1, -0.05) is 42.7 Å². The van der Waals surface area contributed by atoms with E-state index in [0.717, 1.165) is 23.2 Å². The summed E-state index contributed by atoms with van der Waals surface area (Å²) in [6.07, 6.45) is 3.60. The zero-order chi connectivity index (χ0) is 16.8. The van der Waals surface area contributed by atoms with Gasteiger partial charge in [0.05, 0.1) is 5.92 Å². The summed E-state index contributed by atoms with van der Waals surface area (Å²) in [4.78, 5) is 7.27. The van der Waals surface area contributed by atoms with E-state index in [1.165, 1.54) is 18.4 Å². The largest absolute Gasteiger partial charge is 0.339 e. The molecule has 0 saturated carbocycles. The second-order valence-corrected chi connectivity index (χ2v) is 7.97. The zero-order valence-corrected chi connectivity index (χ0v) is 15.2. The minimum absolute atomic E-state index is 0.259. The van der Waals surface area contributed by atoms with Gasteiger partial charge in [-0.05, 0) is 49.9 Å². The van der Waals surface area contributed by atoms with Crippen LogP contribution in [0.5, 0.6) is 0 Å². The van der Waals surface area contributed by atoms with E-state index in [1.54, 1.807) is 0 Å². The fourth-order valence-corrected chi connectivity index (χ4v) is 4.60. The van der Waals surface area contributed by atoms with E-state index in [4.69, 9.17) is 21.1 Å². The summed E-state index contributed by atoms with van der Waals surface area (Å²) in [5.41, 5.74) is 1.33. The van der Waals surface area contributed by atoms with E-state index in [1.807, 2.05) is 12.1 Å². The molecule has 0 N–H and O–H groups in total. The summed E-state index contributed by atoms with van der Waals surface area (Å²) in [6.45, 7) is 4.20. The third-order valence-electron chi connectivity index (χ3n) is 5.83. The van der Waals surface area contributed by atoms with Crippen molar-refractivity contribution in [3.8, 4) is 0 Å². The Bertz CT molecular complexity index is 712. The Morgan fingerprint density at radius 1 is 1.21 bits per heavy atom. The van der Waals surface area contributed by atoms with Crippen LogP contribution in [0.3, 0.4) is 0 Å². The number of halogens is 1. The molecule has 4 atom stereocenters. The van der Waals surface area contributed by atoms with Crippen molar-refractivity contribution in [3.63, 3.8) is 0 Å². The van der Waals surface area contributed by atoms with Crippen molar-refractivity contribution in [2.24, 2.45) is 0 Å². The van der Waals surface area contributed by atoms with Crippen LogP contribution in [0.25, 0.3) is 0 Å². The van der Waals surface area contributed by atoms with Crippen LogP contribution in [-0.2, 0) is 0 Å². The van der Waals surface area contributed by atoms with Crippen molar-refractivity contribution >= 4 is 11.6 Å².